The van der Waals surface area contributed by atoms with Crippen molar-refractivity contribution in [2.45, 2.75) is 33.6 Å². The van der Waals surface area contributed by atoms with Crippen molar-refractivity contribution in [1.82, 2.24) is 0 Å². The predicted octanol–water partition coefficient (Wildman–Crippen LogP) is 4.35. The molecule has 1 aromatic heterocycles. The molecule has 0 atom stereocenters. The number of halogens is 1. The van der Waals surface area contributed by atoms with Crippen molar-refractivity contribution >= 4 is 28.5 Å². The second-order valence-corrected chi connectivity index (χ2v) is 4.85. The lowest BCUT2D eigenvalue weighted by atomic mass is 10.00. The molecule has 0 radical (unpaired) electrons. The Morgan fingerprint density at radius 2 is 2.11 bits per heavy atom. The first kappa shape index (κ1) is 13.0. The summed E-state index contributed by atoms with van der Waals surface area (Å²) in [6.45, 7) is 5.80. The lowest BCUT2D eigenvalue weighted by Crippen LogP contribution is -1.99. The molecule has 0 saturated heterocycles. The van der Waals surface area contributed by atoms with Crippen LogP contribution in [-0.2, 0) is 6.42 Å². The summed E-state index contributed by atoms with van der Waals surface area (Å²) < 4.78 is 5.47. The van der Waals surface area contributed by atoms with Gasteiger partial charge in [-0.3, -0.25) is 0 Å². The van der Waals surface area contributed by atoms with E-state index in [0.717, 1.165) is 28.5 Å². The fraction of sp³-hybridized carbons (Fsp3) is 0.357. The molecule has 0 spiro atoms. The van der Waals surface area contributed by atoms with Crippen LogP contribution in [-0.4, -0.2) is 11.1 Å². The van der Waals surface area contributed by atoms with E-state index in [2.05, 4.69) is 0 Å². The summed E-state index contributed by atoms with van der Waals surface area (Å²) in [6, 6.07) is 1.80. The third-order valence-corrected chi connectivity index (χ3v) is 3.71. The minimum Gasteiger partial charge on any atom is -0.475 e. The van der Waals surface area contributed by atoms with E-state index in [1.807, 2.05) is 20.8 Å². The average molecular weight is 267 g/mol. The number of hydrogen-bond donors (Lipinski definition) is 1. The molecule has 0 aliphatic carbocycles. The Kier molecular flexibility index (Phi) is 3.35. The van der Waals surface area contributed by atoms with Crippen molar-refractivity contribution in [1.29, 1.82) is 0 Å². The summed E-state index contributed by atoms with van der Waals surface area (Å²) in [5.74, 6) is -0.987. The molecule has 0 aliphatic rings. The number of hydrogen-bond acceptors (Lipinski definition) is 2. The topological polar surface area (TPSA) is 50.4 Å². The molecular formula is C14H15ClO3. The van der Waals surface area contributed by atoms with Gasteiger partial charge < -0.3 is 9.52 Å². The van der Waals surface area contributed by atoms with E-state index >= 15 is 0 Å². The Labute approximate surface area is 110 Å². The van der Waals surface area contributed by atoms with Gasteiger partial charge in [-0.1, -0.05) is 24.9 Å². The number of aromatic carboxylic acids is 1. The second kappa shape index (κ2) is 4.65. The SMILES string of the molecule is CCCc1c(C(=O)O)oc2cc(C)c(Cl)c(C)c12. The molecule has 18 heavy (non-hydrogen) atoms. The summed E-state index contributed by atoms with van der Waals surface area (Å²) in [6.07, 6.45) is 1.54. The van der Waals surface area contributed by atoms with E-state index in [1.54, 1.807) is 6.07 Å². The fourth-order valence-corrected chi connectivity index (χ4v) is 2.47. The van der Waals surface area contributed by atoms with E-state index in [0.29, 0.717) is 17.0 Å². The molecule has 96 valence electrons. The first-order chi connectivity index (χ1) is 8.47. The lowest BCUT2D eigenvalue weighted by molar-refractivity contribution is 0.0663. The third kappa shape index (κ3) is 1.89. The van der Waals surface area contributed by atoms with Crippen LogP contribution >= 0.6 is 11.6 Å². The van der Waals surface area contributed by atoms with Crippen LogP contribution in [0, 0.1) is 13.8 Å². The minimum absolute atomic E-state index is 0.0385. The minimum atomic E-state index is -1.03. The van der Waals surface area contributed by atoms with Crippen LogP contribution < -0.4 is 0 Å². The van der Waals surface area contributed by atoms with Crippen molar-refractivity contribution in [3.63, 3.8) is 0 Å². The maximum Gasteiger partial charge on any atom is 0.372 e. The van der Waals surface area contributed by atoms with Gasteiger partial charge in [0.25, 0.3) is 0 Å². The van der Waals surface area contributed by atoms with Crippen molar-refractivity contribution in [2.75, 3.05) is 0 Å². The van der Waals surface area contributed by atoms with Gasteiger partial charge in [0.1, 0.15) is 5.58 Å². The largest absolute Gasteiger partial charge is 0.475 e. The van der Waals surface area contributed by atoms with Gasteiger partial charge in [-0.05, 0) is 37.5 Å². The number of carbonyl (C=O) groups is 1. The molecule has 2 aromatic rings. The zero-order chi connectivity index (χ0) is 13.4. The smallest absolute Gasteiger partial charge is 0.372 e. The first-order valence-electron chi connectivity index (χ1n) is 5.91. The van der Waals surface area contributed by atoms with Crippen LogP contribution in [0.1, 0.15) is 40.6 Å². The number of fused-ring (bicyclic) bond motifs is 1. The molecule has 0 unspecified atom stereocenters. The molecule has 0 bridgehead atoms. The highest BCUT2D eigenvalue weighted by molar-refractivity contribution is 6.33. The molecule has 0 aliphatic heterocycles. The van der Waals surface area contributed by atoms with Crippen LogP contribution in [0.2, 0.25) is 5.02 Å². The Morgan fingerprint density at radius 3 is 2.67 bits per heavy atom. The number of benzene rings is 1. The first-order valence-corrected chi connectivity index (χ1v) is 6.29. The van der Waals surface area contributed by atoms with Crippen LogP contribution in [0.5, 0.6) is 0 Å². The van der Waals surface area contributed by atoms with Gasteiger partial charge in [0.15, 0.2) is 0 Å². The van der Waals surface area contributed by atoms with E-state index in [4.69, 9.17) is 16.0 Å². The highest BCUT2D eigenvalue weighted by Crippen LogP contribution is 2.35. The van der Waals surface area contributed by atoms with Crippen LogP contribution in [0.25, 0.3) is 11.0 Å². The second-order valence-electron chi connectivity index (χ2n) is 4.47. The van der Waals surface area contributed by atoms with Crippen LogP contribution in [0.4, 0.5) is 0 Å². The summed E-state index contributed by atoms with van der Waals surface area (Å²) >= 11 is 6.23. The van der Waals surface area contributed by atoms with Gasteiger partial charge in [0.2, 0.25) is 5.76 Å². The molecular weight excluding hydrogens is 252 g/mol. The molecule has 0 saturated carbocycles. The van der Waals surface area contributed by atoms with E-state index in [9.17, 15) is 9.90 Å². The third-order valence-electron chi connectivity index (χ3n) is 3.13. The van der Waals surface area contributed by atoms with E-state index in [1.165, 1.54) is 0 Å². The van der Waals surface area contributed by atoms with Crippen molar-refractivity contribution in [2.24, 2.45) is 0 Å². The molecule has 0 fully saturated rings. The van der Waals surface area contributed by atoms with Crippen molar-refractivity contribution in [3.05, 3.63) is 33.5 Å². The molecule has 0 amide bonds. The maximum atomic E-state index is 11.2. The van der Waals surface area contributed by atoms with Gasteiger partial charge >= 0.3 is 5.97 Å². The lowest BCUT2D eigenvalue weighted by Gasteiger charge is -2.05. The molecule has 3 nitrogen and oxygen atoms in total. The maximum absolute atomic E-state index is 11.2. The molecule has 1 N–H and O–H groups in total. The molecule has 2 rings (SSSR count). The zero-order valence-corrected chi connectivity index (χ0v) is 11.4. The average Bonchev–Trinajstić information content (AvgIpc) is 2.66. The Balaban J connectivity index is 2.86. The monoisotopic (exact) mass is 266 g/mol. The summed E-state index contributed by atoms with van der Waals surface area (Å²) in [5.41, 5.74) is 3.15. The van der Waals surface area contributed by atoms with Crippen molar-refractivity contribution in [3.8, 4) is 0 Å². The highest BCUT2D eigenvalue weighted by Gasteiger charge is 2.22. The van der Waals surface area contributed by atoms with Gasteiger partial charge in [0.05, 0.1) is 0 Å². The quantitative estimate of drug-likeness (QED) is 0.898. The number of furan rings is 1. The predicted molar refractivity (Wildman–Crippen MR) is 71.7 cm³/mol. The van der Waals surface area contributed by atoms with Gasteiger partial charge in [-0.2, -0.15) is 0 Å². The summed E-state index contributed by atoms with van der Waals surface area (Å²) in [7, 11) is 0. The van der Waals surface area contributed by atoms with Gasteiger partial charge in [-0.15, -0.1) is 0 Å². The van der Waals surface area contributed by atoms with Crippen LogP contribution in [0.15, 0.2) is 10.5 Å². The van der Waals surface area contributed by atoms with Gasteiger partial charge in [0, 0.05) is 16.0 Å². The zero-order valence-electron chi connectivity index (χ0n) is 10.6. The van der Waals surface area contributed by atoms with Crippen molar-refractivity contribution < 1.29 is 14.3 Å². The molecule has 1 aromatic carbocycles. The highest BCUT2D eigenvalue weighted by atomic mass is 35.5. The standard InChI is InChI=1S/C14H15ClO3/c1-4-5-9-11-8(3)12(15)7(2)6-10(11)18-13(9)14(16)17/h6H,4-5H2,1-3H3,(H,16,17). The molecule has 1 heterocycles. The number of carboxylic acid groups (broad SMARTS) is 1. The Morgan fingerprint density at radius 1 is 1.44 bits per heavy atom. The number of aryl methyl sites for hydroxylation is 3. The van der Waals surface area contributed by atoms with E-state index < -0.39 is 5.97 Å². The normalized spacial score (nSPS) is 11.1. The summed E-state index contributed by atoms with van der Waals surface area (Å²) in [5, 5.41) is 10.7. The number of rotatable bonds is 3. The van der Waals surface area contributed by atoms with E-state index in [-0.39, 0.29) is 5.76 Å². The Hall–Kier alpha value is -1.48. The fourth-order valence-electron chi connectivity index (χ4n) is 2.32. The molecule has 4 heteroatoms. The van der Waals surface area contributed by atoms with Gasteiger partial charge in [-0.25, -0.2) is 4.79 Å². The summed E-state index contributed by atoms with van der Waals surface area (Å²) in [4.78, 5) is 11.2. The number of carboxylic acids is 1. The van der Waals surface area contributed by atoms with Crippen LogP contribution in [0.3, 0.4) is 0 Å². The Bertz CT molecular complexity index is 626.